The molecule has 4 rings (SSSR count). The van der Waals surface area contributed by atoms with Crippen LogP contribution in [0.4, 0.5) is 4.39 Å². The van der Waals surface area contributed by atoms with Gasteiger partial charge in [0.25, 0.3) is 0 Å². The summed E-state index contributed by atoms with van der Waals surface area (Å²) in [6, 6.07) is 14.4. The van der Waals surface area contributed by atoms with Crippen molar-refractivity contribution >= 4 is 11.6 Å². The Hall–Kier alpha value is -2.13. The summed E-state index contributed by atoms with van der Waals surface area (Å²) in [6.45, 7) is 0. The van der Waals surface area contributed by atoms with E-state index in [9.17, 15) is 4.39 Å². The van der Waals surface area contributed by atoms with E-state index in [2.05, 4.69) is 0 Å². The summed E-state index contributed by atoms with van der Waals surface area (Å²) >= 11 is 6.05. The molecule has 0 fully saturated rings. The minimum absolute atomic E-state index is 0.236. The van der Waals surface area contributed by atoms with Crippen molar-refractivity contribution in [1.82, 2.24) is 9.78 Å². The van der Waals surface area contributed by atoms with Crippen molar-refractivity contribution < 1.29 is 4.39 Å². The molecule has 1 aliphatic carbocycles. The molecule has 0 radical (unpaired) electrons. The fourth-order valence-electron chi connectivity index (χ4n) is 3.40. The van der Waals surface area contributed by atoms with Gasteiger partial charge < -0.3 is 0 Å². The lowest BCUT2D eigenvalue weighted by molar-refractivity contribution is 0.627. The van der Waals surface area contributed by atoms with Gasteiger partial charge >= 0.3 is 0 Å². The predicted octanol–water partition coefficient (Wildman–Crippen LogP) is 5.60. The van der Waals surface area contributed by atoms with Crippen molar-refractivity contribution in [3.8, 4) is 16.9 Å². The van der Waals surface area contributed by atoms with Gasteiger partial charge in [-0.25, -0.2) is 9.07 Å². The number of rotatable bonds is 2. The number of nitrogens with zero attached hydrogens (tertiary/aromatic N) is 2. The topological polar surface area (TPSA) is 17.8 Å². The molecule has 1 heterocycles. The molecule has 0 amide bonds. The normalized spacial score (nSPS) is 14.2. The molecule has 24 heavy (non-hydrogen) atoms. The Morgan fingerprint density at radius 3 is 2.33 bits per heavy atom. The number of halogens is 2. The summed E-state index contributed by atoms with van der Waals surface area (Å²) in [4.78, 5) is 0. The van der Waals surface area contributed by atoms with E-state index >= 15 is 0 Å². The minimum atomic E-state index is -0.236. The summed E-state index contributed by atoms with van der Waals surface area (Å²) in [5.41, 5.74) is 5.57. The number of aryl methyl sites for hydroxylation is 1. The molecule has 0 aliphatic heterocycles. The maximum atomic E-state index is 13.3. The Bertz CT molecular complexity index is 851. The van der Waals surface area contributed by atoms with Gasteiger partial charge in [0.1, 0.15) is 5.82 Å². The lowest BCUT2D eigenvalue weighted by Crippen LogP contribution is -2.01. The third kappa shape index (κ3) is 2.84. The first-order valence-corrected chi connectivity index (χ1v) is 8.73. The SMILES string of the molecule is Fc1ccc(-n2nc3c(c2-c2ccc(Cl)cc2)CCCCC3)cc1. The summed E-state index contributed by atoms with van der Waals surface area (Å²) in [5.74, 6) is -0.236. The number of hydrogen-bond donors (Lipinski definition) is 0. The fourth-order valence-corrected chi connectivity index (χ4v) is 3.53. The zero-order valence-corrected chi connectivity index (χ0v) is 14.1. The Balaban J connectivity index is 1.92. The van der Waals surface area contributed by atoms with Crippen LogP contribution in [0.25, 0.3) is 16.9 Å². The second kappa shape index (κ2) is 6.40. The van der Waals surface area contributed by atoms with Crippen LogP contribution in [0.2, 0.25) is 5.02 Å². The van der Waals surface area contributed by atoms with E-state index in [1.165, 1.54) is 42.7 Å². The fraction of sp³-hybridized carbons (Fsp3) is 0.250. The van der Waals surface area contributed by atoms with Crippen LogP contribution in [0.3, 0.4) is 0 Å². The predicted molar refractivity (Wildman–Crippen MR) is 95.2 cm³/mol. The average molecular weight is 341 g/mol. The summed E-state index contributed by atoms with van der Waals surface area (Å²) in [7, 11) is 0. The lowest BCUT2D eigenvalue weighted by atomic mass is 10.0. The van der Waals surface area contributed by atoms with E-state index in [1.807, 2.05) is 28.9 Å². The molecule has 4 heteroatoms. The van der Waals surface area contributed by atoms with Crippen molar-refractivity contribution in [3.63, 3.8) is 0 Å². The molecule has 0 unspecified atom stereocenters. The number of aromatic nitrogens is 2. The Kier molecular flexibility index (Phi) is 4.11. The summed E-state index contributed by atoms with van der Waals surface area (Å²) < 4.78 is 15.3. The molecule has 2 aromatic carbocycles. The highest BCUT2D eigenvalue weighted by atomic mass is 35.5. The first-order valence-electron chi connectivity index (χ1n) is 8.35. The molecule has 0 atom stereocenters. The molecule has 1 aliphatic rings. The molecule has 2 nitrogen and oxygen atoms in total. The molecule has 0 bridgehead atoms. The van der Waals surface area contributed by atoms with Gasteiger partial charge in [-0.1, -0.05) is 30.2 Å². The highest BCUT2D eigenvalue weighted by Gasteiger charge is 2.21. The first-order chi connectivity index (χ1) is 11.7. The van der Waals surface area contributed by atoms with E-state index in [0.717, 1.165) is 34.8 Å². The van der Waals surface area contributed by atoms with Gasteiger partial charge in [0.05, 0.1) is 17.1 Å². The number of hydrogen-bond acceptors (Lipinski definition) is 1. The average Bonchev–Trinajstić information content (AvgIpc) is 2.79. The quantitative estimate of drug-likeness (QED) is 0.555. The van der Waals surface area contributed by atoms with Crippen LogP contribution in [0, 0.1) is 5.82 Å². The Morgan fingerprint density at radius 2 is 1.58 bits per heavy atom. The van der Waals surface area contributed by atoms with Crippen molar-refractivity contribution in [3.05, 3.63) is 70.6 Å². The molecule has 3 aromatic rings. The van der Waals surface area contributed by atoms with Crippen molar-refractivity contribution in [2.75, 3.05) is 0 Å². The third-order valence-corrected chi connectivity index (χ3v) is 4.85. The second-order valence-electron chi connectivity index (χ2n) is 6.23. The van der Waals surface area contributed by atoms with E-state index in [1.54, 1.807) is 12.1 Å². The highest BCUT2D eigenvalue weighted by molar-refractivity contribution is 6.30. The van der Waals surface area contributed by atoms with E-state index < -0.39 is 0 Å². The largest absolute Gasteiger partial charge is 0.233 e. The van der Waals surface area contributed by atoms with Gasteiger partial charge in [-0.3, -0.25) is 0 Å². The van der Waals surface area contributed by atoms with Crippen LogP contribution in [-0.2, 0) is 12.8 Å². The zero-order chi connectivity index (χ0) is 16.5. The lowest BCUT2D eigenvalue weighted by Gasteiger charge is -2.10. The Labute approximate surface area is 145 Å². The molecule has 0 N–H and O–H groups in total. The Morgan fingerprint density at radius 1 is 0.875 bits per heavy atom. The van der Waals surface area contributed by atoms with Crippen LogP contribution in [0.1, 0.15) is 30.5 Å². The van der Waals surface area contributed by atoms with Crippen LogP contribution < -0.4 is 0 Å². The third-order valence-electron chi connectivity index (χ3n) is 4.60. The monoisotopic (exact) mass is 340 g/mol. The molecular formula is C20H18ClFN2. The van der Waals surface area contributed by atoms with Gasteiger partial charge in [0, 0.05) is 16.1 Å². The van der Waals surface area contributed by atoms with Crippen molar-refractivity contribution in [2.45, 2.75) is 32.1 Å². The van der Waals surface area contributed by atoms with Crippen molar-refractivity contribution in [1.29, 1.82) is 0 Å². The standard InChI is InChI=1S/C20H18ClFN2/c21-15-8-6-14(7-9-15)20-18-4-2-1-3-5-19(18)23-24(20)17-12-10-16(22)11-13-17/h6-13H,1-5H2. The zero-order valence-electron chi connectivity index (χ0n) is 13.3. The highest BCUT2D eigenvalue weighted by Crippen LogP contribution is 2.33. The van der Waals surface area contributed by atoms with Crippen LogP contribution >= 0.6 is 11.6 Å². The number of fused-ring (bicyclic) bond motifs is 1. The maximum absolute atomic E-state index is 13.3. The van der Waals surface area contributed by atoms with Gasteiger partial charge in [0.15, 0.2) is 0 Å². The van der Waals surface area contributed by atoms with Crippen molar-refractivity contribution in [2.24, 2.45) is 0 Å². The smallest absolute Gasteiger partial charge is 0.123 e. The number of benzene rings is 2. The van der Waals surface area contributed by atoms with Crippen LogP contribution in [0.15, 0.2) is 48.5 Å². The summed E-state index contributed by atoms with van der Waals surface area (Å²) in [6.07, 6.45) is 5.64. The molecule has 0 saturated heterocycles. The van der Waals surface area contributed by atoms with Gasteiger partial charge in [-0.2, -0.15) is 5.10 Å². The van der Waals surface area contributed by atoms with E-state index in [0.29, 0.717) is 0 Å². The molecular weight excluding hydrogens is 323 g/mol. The molecule has 122 valence electrons. The second-order valence-corrected chi connectivity index (χ2v) is 6.67. The van der Waals surface area contributed by atoms with E-state index in [4.69, 9.17) is 16.7 Å². The van der Waals surface area contributed by atoms with Gasteiger partial charge in [-0.15, -0.1) is 0 Å². The summed E-state index contributed by atoms with van der Waals surface area (Å²) in [5, 5.41) is 5.59. The molecule has 0 saturated carbocycles. The van der Waals surface area contributed by atoms with Crippen LogP contribution in [-0.4, -0.2) is 9.78 Å². The maximum Gasteiger partial charge on any atom is 0.123 e. The van der Waals surface area contributed by atoms with E-state index in [-0.39, 0.29) is 5.82 Å². The molecule has 1 aromatic heterocycles. The van der Waals surface area contributed by atoms with Crippen LogP contribution in [0.5, 0.6) is 0 Å². The first kappa shape index (κ1) is 15.4. The molecule has 0 spiro atoms. The van der Waals surface area contributed by atoms with Gasteiger partial charge in [0.2, 0.25) is 0 Å². The minimum Gasteiger partial charge on any atom is -0.233 e. The van der Waals surface area contributed by atoms with Gasteiger partial charge in [-0.05, 0) is 62.1 Å².